The number of amides is 2. The topological polar surface area (TPSA) is 58.6 Å². The van der Waals surface area contributed by atoms with E-state index < -0.39 is 0 Å². The Morgan fingerprint density at radius 2 is 1.88 bits per heavy atom. The first-order valence-corrected chi connectivity index (χ1v) is 7.96. The van der Waals surface area contributed by atoms with Crippen LogP contribution in [-0.2, 0) is 11.3 Å². The van der Waals surface area contributed by atoms with Gasteiger partial charge in [0.05, 0.1) is 12.2 Å². The maximum absolute atomic E-state index is 12.2. The maximum atomic E-state index is 12.2. The van der Waals surface area contributed by atoms with Gasteiger partial charge in [-0.25, -0.2) is 0 Å². The Morgan fingerprint density at radius 1 is 1.17 bits per heavy atom. The quantitative estimate of drug-likeness (QED) is 0.941. The van der Waals surface area contributed by atoms with Crippen molar-refractivity contribution < 1.29 is 14.3 Å². The molecule has 0 atom stereocenters. The van der Waals surface area contributed by atoms with Crippen molar-refractivity contribution in [1.82, 2.24) is 5.32 Å². The molecule has 5 heteroatoms. The monoisotopic (exact) mass is 324 g/mol. The molecule has 0 bridgehead atoms. The molecule has 1 aliphatic heterocycles. The molecule has 2 amide bonds. The zero-order chi connectivity index (χ0) is 17.1. The Hall–Kier alpha value is -2.82. The van der Waals surface area contributed by atoms with Gasteiger partial charge in [-0.3, -0.25) is 9.59 Å². The third-order valence-electron chi connectivity index (χ3n) is 3.78. The lowest BCUT2D eigenvalue weighted by atomic mass is 10.1. The summed E-state index contributed by atoms with van der Waals surface area (Å²) in [5.74, 6) is 0.546. The van der Waals surface area contributed by atoms with Gasteiger partial charge in [-0.1, -0.05) is 24.3 Å². The summed E-state index contributed by atoms with van der Waals surface area (Å²) in [6.07, 6.45) is 0. The SMILES string of the molecule is CC(C)NC(=O)c1ccc(CN2C(=O)COc3ccccc32)cc1. The van der Waals surface area contributed by atoms with Crippen LogP contribution in [0.5, 0.6) is 5.75 Å². The van der Waals surface area contributed by atoms with Crippen LogP contribution in [0.3, 0.4) is 0 Å². The lowest BCUT2D eigenvalue weighted by Gasteiger charge is -2.29. The van der Waals surface area contributed by atoms with Gasteiger partial charge in [-0.05, 0) is 43.7 Å². The highest BCUT2D eigenvalue weighted by Gasteiger charge is 2.25. The van der Waals surface area contributed by atoms with Crippen molar-refractivity contribution in [2.45, 2.75) is 26.4 Å². The average molecular weight is 324 g/mol. The summed E-state index contributed by atoms with van der Waals surface area (Å²) in [5.41, 5.74) is 2.35. The van der Waals surface area contributed by atoms with Crippen LogP contribution >= 0.6 is 0 Å². The molecule has 0 fully saturated rings. The molecule has 2 aromatic rings. The van der Waals surface area contributed by atoms with Crippen LogP contribution in [0.2, 0.25) is 0 Å². The smallest absolute Gasteiger partial charge is 0.265 e. The fourth-order valence-electron chi connectivity index (χ4n) is 2.62. The van der Waals surface area contributed by atoms with Crippen molar-refractivity contribution in [3.05, 3.63) is 59.7 Å². The van der Waals surface area contributed by atoms with E-state index in [-0.39, 0.29) is 24.5 Å². The Bertz CT molecular complexity index is 753. The second kappa shape index (κ2) is 6.74. The molecule has 0 aliphatic carbocycles. The molecule has 124 valence electrons. The minimum atomic E-state index is -0.0932. The number of carbonyl (C=O) groups excluding carboxylic acids is 2. The van der Waals surface area contributed by atoms with Gasteiger partial charge < -0.3 is 15.0 Å². The standard InChI is InChI=1S/C19H20N2O3/c1-13(2)20-19(23)15-9-7-14(8-10-15)11-21-16-5-3-4-6-17(16)24-12-18(21)22/h3-10,13H,11-12H2,1-2H3,(H,20,23). The Kier molecular flexibility index (Phi) is 4.51. The lowest BCUT2D eigenvalue weighted by Crippen LogP contribution is -2.38. The molecule has 2 aromatic carbocycles. The van der Waals surface area contributed by atoms with Crippen LogP contribution in [0.1, 0.15) is 29.8 Å². The lowest BCUT2D eigenvalue weighted by molar-refractivity contribution is -0.121. The summed E-state index contributed by atoms with van der Waals surface area (Å²) in [4.78, 5) is 25.9. The predicted molar refractivity (Wildman–Crippen MR) is 92.2 cm³/mol. The zero-order valence-electron chi connectivity index (χ0n) is 13.8. The fourth-order valence-corrected chi connectivity index (χ4v) is 2.62. The summed E-state index contributed by atoms with van der Waals surface area (Å²) >= 11 is 0. The molecule has 0 saturated heterocycles. The minimum absolute atomic E-state index is 0.0475. The van der Waals surface area contributed by atoms with Gasteiger partial charge in [0.25, 0.3) is 11.8 Å². The van der Waals surface area contributed by atoms with E-state index >= 15 is 0 Å². The van der Waals surface area contributed by atoms with E-state index in [4.69, 9.17) is 4.74 Å². The minimum Gasteiger partial charge on any atom is -0.482 e. The highest BCUT2D eigenvalue weighted by molar-refractivity contribution is 5.98. The van der Waals surface area contributed by atoms with Crippen molar-refractivity contribution >= 4 is 17.5 Å². The Labute approximate surface area is 141 Å². The first-order valence-electron chi connectivity index (χ1n) is 7.96. The predicted octanol–water partition coefficient (Wildman–Crippen LogP) is 2.75. The number of hydrogen-bond acceptors (Lipinski definition) is 3. The van der Waals surface area contributed by atoms with Crippen molar-refractivity contribution in [3.8, 4) is 5.75 Å². The van der Waals surface area contributed by atoms with Gasteiger partial charge in [0.2, 0.25) is 0 Å². The first-order chi connectivity index (χ1) is 11.5. The molecule has 0 unspecified atom stereocenters. The molecule has 5 nitrogen and oxygen atoms in total. The molecule has 0 radical (unpaired) electrons. The van der Waals surface area contributed by atoms with Gasteiger partial charge in [0.1, 0.15) is 5.75 Å². The van der Waals surface area contributed by atoms with E-state index in [2.05, 4.69) is 5.32 Å². The number of para-hydroxylation sites is 2. The molecule has 1 aliphatic rings. The number of fused-ring (bicyclic) bond motifs is 1. The van der Waals surface area contributed by atoms with E-state index in [9.17, 15) is 9.59 Å². The number of nitrogens with zero attached hydrogens (tertiary/aromatic N) is 1. The molecule has 1 N–H and O–H groups in total. The van der Waals surface area contributed by atoms with Crippen molar-refractivity contribution in [3.63, 3.8) is 0 Å². The number of anilines is 1. The average Bonchev–Trinajstić information content (AvgIpc) is 2.57. The van der Waals surface area contributed by atoms with Crippen LogP contribution in [-0.4, -0.2) is 24.5 Å². The normalized spacial score (nSPS) is 13.5. The summed E-state index contributed by atoms with van der Waals surface area (Å²) in [7, 11) is 0. The second-order valence-corrected chi connectivity index (χ2v) is 6.06. The Balaban J connectivity index is 1.77. The van der Waals surface area contributed by atoms with E-state index in [1.807, 2.05) is 50.2 Å². The van der Waals surface area contributed by atoms with Crippen LogP contribution in [0, 0.1) is 0 Å². The molecule has 3 rings (SSSR count). The molecule has 0 aromatic heterocycles. The van der Waals surface area contributed by atoms with Gasteiger partial charge in [-0.2, -0.15) is 0 Å². The van der Waals surface area contributed by atoms with Crippen molar-refractivity contribution in [1.29, 1.82) is 0 Å². The molecule has 0 saturated carbocycles. The van der Waals surface area contributed by atoms with Gasteiger partial charge in [0.15, 0.2) is 6.61 Å². The number of ether oxygens (including phenoxy) is 1. The van der Waals surface area contributed by atoms with E-state index in [1.165, 1.54) is 0 Å². The molecule has 0 spiro atoms. The summed E-state index contributed by atoms with van der Waals surface area (Å²) in [5, 5.41) is 2.86. The fraction of sp³-hybridized carbons (Fsp3) is 0.263. The van der Waals surface area contributed by atoms with Crippen LogP contribution in [0.25, 0.3) is 0 Å². The highest BCUT2D eigenvalue weighted by atomic mass is 16.5. The number of nitrogens with one attached hydrogen (secondary N) is 1. The van der Waals surface area contributed by atoms with Crippen molar-refractivity contribution in [2.24, 2.45) is 0 Å². The summed E-state index contributed by atoms with van der Waals surface area (Å²) in [6.45, 7) is 4.35. The van der Waals surface area contributed by atoms with Gasteiger partial charge in [-0.15, -0.1) is 0 Å². The number of hydrogen-bond donors (Lipinski definition) is 1. The Morgan fingerprint density at radius 3 is 2.58 bits per heavy atom. The molecule has 1 heterocycles. The van der Waals surface area contributed by atoms with E-state index in [0.29, 0.717) is 17.9 Å². The van der Waals surface area contributed by atoms with Crippen LogP contribution in [0.4, 0.5) is 5.69 Å². The molecular formula is C19H20N2O3. The van der Waals surface area contributed by atoms with Gasteiger partial charge >= 0.3 is 0 Å². The third-order valence-corrected chi connectivity index (χ3v) is 3.78. The number of benzene rings is 2. The first kappa shape index (κ1) is 16.1. The molecular weight excluding hydrogens is 304 g/mol. The van der Waals surface area contributed by atoms with Crippen LogP contribution < -0.4 is 15.0 Å². The maximum Gasteiger partial charge on any atom is 0.265 e. The largest absolute Gasteiger partial charge is 0.482 e. The number of rotatable bonds is 4. The third kappa shape index (κ3) is 3.40. The van der Waals surface area contributed by atoms with Crippen molar-refractivity contribution in [2.75, 3.05) is 11.5 Å². The highest BCUT2D eigenvalue weighted by Crippen LogP contribution is 2.32. The second-order valence-electron chi connectivity index (χ2n) is 6.06. The summed E-state index contributed by atoms with van der Waals surface area (Å²) in [6, 6.07) is 14.9. The zero-order valence-corrected chi connectivity index (χ0v) is 13.8. The van der Waals surface area contributed by atoms with Gasteiger partial charge in [0, 0.05) is 11.6 Å². The van der Waals surface area contributed by atoms with Crippen LogP contribution in [0.15, 0.2) is 48.5 Å². The van der Waals surface area contributed by atoms with E-state index in [0.717, 1.165) is 11.3 Å². The molecule has 24 heavy (non-hydrogen) atoms. The summed E-state index contributed by atoms with van der Waals surface area (Å²) < 4.78 is 5.45. The van der Waals surface area contributed by atoms with E-state index in [1.54, 1.807) is 17.0 Å². The number of carbonyl (C=O) groups is 2.